The average molecular weight is 469 g/mol. The van der Waals surface area contributed by atoms with Gasteiger partial charge in [0.1, 0.15) is 19.0 Å². The smallest absolute Gasteiger partial charge is 0.196 e. The first-order chi connectivity index (χ1) is 16.2. The van der Waals surface area contributed by atoms with E-state index in [2.05, 4.69) is 15.1 Å². The highest BCUT2D eigenvalue weighted by Crippen LogP contribution is 2.32. The summed E-state index contributed by atoms with van der Waals surface area (Å²) in [5.74, 6) is 1.90. The molecule has 0 amide bonds. The molecular weight excluding hydrogens is 443 g/mol. The molecule has 2 aliphatic rings. The van der Waals surface area contributed by atoms with Gasteiger partial charge in [-0.05, 0) is 68.4 Å². The summed E-state index contributed by atoms with van der Waals surface area (Å²) in [7, 11) is 0. The van der Waals surface area contributed by atoms with Gasteiger partial charge in [-0.2, -0.15) is 0 Å². The summed E-state index contributed by atoms with van der Waals surface area (Å²) in [5.41, 5.74) is 1.34. The van der Waals surface area contributed by atoms with Crippen molar-refractivity contribution < 1.29 is 18.7 Å². The van der Waals surface area contributed by atoms with Crippen LogP contribution in [-0.2, 0) is 6.54 Å². The highest BCUT2D eigenvalue weighted by molar-refractivity contribution is 7.99. The van der Waals surface area contributed by atoms with Gasteiger partial charge >= 0.3 is 0 Å². The summed E-state index contributed by atoms with van der Waals surface area (Å²) in [6, 6.07) is 11.5. The minimum atomic E-state index is -0.299. The van der Waals surface area contributed by atoms with Gasteiger partial charge in [0.05, 0.1) is 12.3 Å². The highest BCUT2D eigenvalue weighted by atomic mass is 32.2. The Kier molecular flexibility index (Phi) is 6.59. The van der Waals surface area contributed by atoms with Crippen LogP contribution in [0.4, 0.5) is 4.39 Å². The molecule has 0 spiro atoms. The van der Waals surface area contributed by atoms with Gasteiger partial charge in [0.2, 0.25) is 0 Å². The molecule has 1 aromatic heterocycles. The van der Waals surface area contributed by atoms with Gasteiger partial charge in [0.25, 0.3) is 0 Å². The molecule has 172 valence electrons. The van der Waals surface area contributed by atoms with E-state index in [1.54, 1.807) is 30.3 Å². The average Bonchev–Trinajstić information content (AvgIpc) is 3.25. The Balaban J connectivity index is 1.35. The number of ether oxygens (including phenoxy) is 2. The predicted octanol–water partition coefficient (Wildman–Crippen LogP) is 4.14. The molecule has 5 rings (SSSR count). The summed E-state index contributed by atoms with van der Waals surface area (Å²) >= 11 is 1.32. The fourth-order valence-electron chi connectivity index (χ4n) is 4.09. The third-order valence-corrected chi connectivity index (χ3v) is 6.72. The Labute approximate surface area is 195 Å². The number of carbonyl (C=O) groups excluding carboxylic acids is 1. The number of likely N-dealkylation sites (tertiary alicyclic amines) is 1. The van der Waals surface area contributed by atoms with Crippen LogP contribution in [0.2, 0.25) is 0 Å². The van der Waals surface area contributed by atoms with E-state index in [0.29, 0.717) is 42.0 Å². The minimum Gasteiger partial charge on any atom is -0.486 e. The molecule has 3 heterocycles. The first kappa shape index (κ1) is 21.9. The van der Waals surface area contributed by atoms with Crippen LogP contribution < -0.4 is 9.47 Å². The first-order valence-electron chi connectivity index (χ1n) is 11.2. The Hall–Kier alpha value is -2.91. The van der Waals surface area contributed by atoms with Gasteiger partial charge in [-0.3, -0.25) is 14.3 Å². The zero-order valence-electron chi connectivity index (χ0n) is 18.2. The number of rotatable bonds is 7. The first-order valence-corrected chi connectivity index (χ1v) is 12.1. The lowest BCUT2D eigenvalue weighted by atomic mass is 10.1. The Bertz CT molecular complexity index is 1130. The lowest BCUT2D eigenvalue weighted by molar-refractivity contribution is 0.102. The predicted molar refractivity (Wildman–Crippen MR) is 123 cm³/mol. The van der Waals surface area contributed by atoms with Crippen LogP contribution >= 0.6 is 11.8 Å². The molecule has 3 aromatic rings. The van der Waals surface area contributed by atoms with E-state index in [1.165, 1.54) is 43.2 Å². The van der Waals surface area contributed by atoms with E-state index >= 15 is 0 Å². The van der Waals surface area contributed by atoms with Crippen molar-refractivity contribution in [1.82, 2.24) is 19.7 Å². The number of piperidine rings is 1. The van der Waals surface area contributed by atoms with Crippen LogP contribution in [0.5, 0.6) is 11.5 Å². The molecule has 9 heteroatoms. The van der Waals surface area contributed by atoms with E-state index in [9.17, 15) is 9.18 Å². The topological polar surface area (TPSA) is 69.5 Å². The van der Waals surface area contributed by atoms with E-state index < -0.39 is 0 Å². The van der Waals surface area contributed by atoms with Crippen LogP contribution in [0.1, 0.15) is 35.4 Å². The molecule has 2 aliphatic heterocycles. The number of benzene rings is 2. The number of nitrogens with zero attached hydrogens (tertiary/aromatic N) is 4. The number of aromatic nitrogens is 3. The molecule has 1 fully saturated rings. The number of ketones is 1. The van der Waals surface area contributed by atoms with Crippen molar-refractivity contribution in [2.75, 3.05) is 32.1 Å². The second-order valence-electron chi connectivity index (χ2n) is 8.12. The summed E-state index contributed by atoms with van der Waals surface area (Å²) in [6.07, 6.45) is 3.61. The van der Waals surface area contributed by atoms with E-state index in [-0.39, 0.29) is 17.4 Å². The van der Waals surface area contributed by atoms with Gasteiger partial charge < -0.3 is 9.47 Å². The molecule has 0 saturated carbocycles. The molecule has 0 N–H and O–H groups in total. The second kappa shape index (κ2) is 9.93. The zero-order chi connectivity index (χ0) is 22.6. The van der Waals surface area contributed by atoms with Gasteiger partial charge in [-0.25, -0.2) is 4.39 Å². The molecule has 0 bridgehead atoms. The van der Waals surface area contributed by atoms with Crippen molar-refractivity contribution in [3.63, 3.8) is 0 Å². The van der Waals surface area contributed by atoms with E-state index in [4.69, 9.17) is 9.47 Å². The maximum absolute atomic E-state index is 13.5. The Morgan fingerprint density at radius 3 is 2.52 bits per heavy atom. The largest absolute Gasteiger partial charge is 0.486 e. The van der Waals surface area contributed by atoms with Gasteiger partial charge in [0.15, 0.2) is 28.3 Å². The SMILES string of the molecule is O=C(CSc1nnc(CN2CCCCC2)n1-c1ccc(F)cc1)c1ccc2c(c1)OCCO2. The van der Waals surface area contributed by atoms with Crippen LogP contribution in [0.25, 0.3) is 5.69 Å². The summed E-state index contributed by atoms with van der Waals surface area (Å²) < 4.78 is 26.6. The molecule has 1 saturated heterocycles. The zero-order valence-corrected chi connectivity index (χ0v) is 19.0. The number of hydrogen-bond donors (Lipinski definition) is 0. The van der Waals surface area contributed by atoms with Crippen LogP contribution in [-0.4, -0.2) is 57.5 Å². The molecular formula is C24H25FN4O3S. The van der Waals surface area contributed by atoms with Gasteiger partial charge in [-0.15, -0.1) is 10.2 Å². The van der Waals surface area contributed by atoms with E-state index in [1.807, 2.05) is 4.57 Å². The number of carbonyl (C=O) groups is 1. The molecule has 7 nitrogen and oxygen atoms in total. The second-order valence-corrected chi connectivity index (χ2v) is 9.06. The van der Waals surface area contributed by atoms with Crippen molar-refractivity contribution in [3.8, 4) is 17.2 Å². The minimum absolute atomic E-state index is 0.0387. The Morgan fingerprint density at radius 1 is 0.970 bits per heavy atom. The molecule has 0 radical (unpaired) electrons. The maximum Gasteiger partial charge on any atom is 0.196 e. The van der Waals surface area contributed by atoms with Crippen LogP contribution in [0.15, 0.2) is 47.6 Å². The molecule has 0 atom stereocenters. The third kappa shape index (κ3) is 5.04. The quantitative estimate of drug-likeness (QED) is 0.381. The lowest BCUT2D eigenvalue weighted by Crippen LogP contribution is -2.30. The number of thioether (sulfide) groups is 1. The normalized spacial score (nSPS) is 16.0. The number of halogens is 1. The number of fused-ring (bicyclic) bond motifs is 1. The lowest BCUT2D eigenvalue weighted by Gasteiger charge is -2.26. The summed E-state index contributed by atoms with van der Waals surface area (Å²) in [5, 5.41) is 9.41. The fourth-order valence-corrected chi connectivity index (χ4v) is 4.96. The monoisotopic (exact) mass is 468 g/mol. The van der Waals surface area contributed by atoms with Crippen LogP contribution in [0, 0.1) is 5.82 Å². The van der Waals surface area contributed by atoms with Gasteiger partial charge in [0, 0.05) is 11.3 Å². The van der Waals surface area contributed by atoms with Crippen molar-refractivity contribution >= 4 is 17.5 Å². The molecule has 33 heavy (non-hydrogen) atoms. The van der Waals surface area contributed by atoms with Crippen molar-refractivity contribution in [1.29, 1.82) is 0 Å². The number of hydrogen-bond acceptors (Lipinski definition) is 7. The number of Topliss-reactive ketones (excluding diaryl/α,β-unsaturated/α-hetero) is 1. The molecule has 2 aromatic carbocycles. The van der Waals surface area contributed by atoms with Crippen molar-refractivity contribution in [2.45, 2.75) is 31.0 Å². The Morgan fingerprint density at radius 2 is 1.73 bits per heavy atom. The van der Waals surface area contributed by atoms with Crippen molar-refractivity contribution in [3.05, 3.63) is 59.7 Å². The maximum atomic E-state index is 13.5. The fraction of sp³-hybridized carbons (Fsp3) is 0.375. The summed E-state index contributed by atoms with van der Waals surface area (Å²) in [4.78, 5) is 15.3. The van der Waals surface area contributed by atoms with Gasteiger partial charge in [-0.1, -0.05) is 18.2 Å². The van der Waals surface area contributed by atoms with Crippen LogP contribution in [0.3, 0.4) is 0 Å². The van der Waals surface area contributed by atoms with E-state index in [0.717, 1.165) is 24.6 Å². The molecule has 0 unspecified atom stereocenters. The third-order valence-electron chi connectivity index (χ3n) is 5.80. The summed E-state index contributed by atoms with van der Waals surface area (Å²) in [6.45, 7) is 3.71. The van der Waals surface area contributed by atoms with Crippen molar-refractivity contribution in [2.24, 2.45) is 0 Å². The molecule has 0 aliphatic carbocycles. The standard InChI is InChI=1S/C24H25FN4O3S/c25-18-5-7-19(8-6-18)29-23(15-28-10-2-1-3-11-28)26-27-24(29)33-16-20(30)17-4-9-21-22(14-17)32-13-12-31-21/h4-9,14H,1-3,10-13,15-16H2. The highest BCUT2D eigenvalue weighted by Gasteiger charge is 2.21.